The highest BCUT2D eigenvalue weighted by atomic mass is 16.5. The molecule has 0 bridgehead atoms. The van der Waals surface area contributed by atoms with E-state index in [4.69, 9.17) is 4.74 Å². The second-order valence-electron chi connectivity index (χ2n) is 4.62. The normalized spacial score (nSPS) is 18.8. The standard InChI is InChI=1S/C13H21N5O2/c1-4-15-13-16-9(2)7-11(17-13)18-5-6-20-8-10(18)12(19)14-3/h7,10H,4-6,8H2,1-3H3,(H,14,19)(H,15,16,17). The number of rotatable bonds is 4. The van der Waals surface area contributed by atoms with Crippen LogP contribution < -0.4 is 15.5 Å². The molecule has 110 valence electrons. The molecule has 0 aromatic carbocycles. The zero-order chi connectivity index (χ0) is 14.5. The Bertz CT molecular complexity index is 480. The molecule has 0 radical (unpaired) electrons. The molecule has 1 amide bonds. The van der Waals surface area contributed by atoms with Crippen LogP contribution in [-0.2, 0) is 9.53 Å². The quantitative estimate of drug-likeness (QED) is 0.818. The number of nitrogens with zero attached hydrogens (tertiary/aromatic N) is 3. The highest BCUT2D eigenvalue weighted by Gasteiger charge is 2.30. The molecule has 2 N–H and O–H groups in total. The molecule has 1 aromatic heterocycles. The van der Waals surface area contributed by atoms with Gasteiger partial charge in [-0.05, 0) is 13.8 Å². The van der Waals surface area contributed by atoms with Gasteiger partial charge < -0.3 is 20.3 Å². The summed E-state index contributed by atoms with van der Waals surface area (Å²) in [5.41, 5.74) is 0.869. The molecule has 2 rings (SSSR count). The second kappa shape index (κ2) is 6.51. The third-order valence-corrected chi connectivity index (χ3v) is 3.15. The van der Waals surface area contributed by atoms with Gasteiger partial charge in [-0.3, -0.25) is 4.79 Å². The lowest BCUT2D eigenvalue weighted by molar-refractivity contribution is -0.124. The van der Waals surface area contributed by atoms with Crippen LogP contribution in [0.3, 0.4) is 0 Å². The van der Waals surface area contributed by atoms with E-state index in [-0.39, 0.29) is 11.9 Å². The molecule has 1 aromatic rings. The van der Waals surface area contributed by atoms with E-state index in [1.807, 2.05) is 24.8 Å². The first-order chi connectivity index (χ1) is 9.65. The Morgan fingerprint density at radius 2 is 2.35 bits per heavy atom. The van der Waals surface area contributed by atoms with Gasteiger partial charge in [-0.1, -0.05) is 0 Å². The number of nitrogens with one attached hydrogen (secondary N) is 2. The van der Waals surface area contributed by atoms with Crippen LogP contribution >= 0.6 is 0 Å². The van der Waals surface area contributed by atoms with E-state index in [9.17, 15) is 4.79 Å². The summed E-state index contributed by atoms with van der Waals surface area (Å²) in [6, 6.07) is 1.54. The topological polar surface area (TPSA) is 79.4 Å². The summed E-state index contributed by atoms with van der Waals surface area (Å²) in [4.78, 5) is 22.7. The number of carbonyl (C=O) groups is 1. The van der Waals surface area contributed by atoms with Gasteiger partial charge in [0.05, 0.1) is 13.2 Å². The summed E-state index contributed by atoms with van der Waals surface area (Å²) in [6.45, 7) is 6.27. The molecular formula is C13H21N5O2. The Balaban J connectivity index is 2.29. The van der Waals surface area contributed by atoms with Gasteiger partial charge in [0.2, 0.25) is 11.9 Å². The molecule has 2 heterocycles. The molecule has 0 aliphatic carbocycles. The first kappa shape index (κ1) is 14.5. The fourth-order valence-electron chi connectivity index (χ4n) is 2.20. The van der Waals surface area contributed by atoms with Crippen molar-refractivity contribution in [3.8, 4) is 0 Å². The molecule has 0 spiro atoms. The number of anilines is 2. The fraction of sp³-hybridized carbons (Fsp3) is 0.615. The first-order valence-electron chi connectivity index (χ1n) is 6.81. The van der Waals surface area contributed by atoms with E-state index in [0.717, 1.165) is 18.1 Å². The summed E-state index contributed by atoms with van der Waals surface area (Å²) in [7, 11) is 1.63. The lowest BCUT2D eigenvalue weighted by atomic mass is 10.2. The molecule has 1 atom stereocenters. The fourth-order valence-corrected chi connectivity index (χ4v) is 2.20. The molecule has 1 fully saturated rings. The van der Waals surface area contributed by atoms with Gasteiger partial charge in [-0.2, -0.15) is 4.98 Å². The van der Waals surface area contributed by atoms with E-state index in [2.05, 4.69) is 20.6 Å². The van der Waals surface area contributed by atoms with E-state index in [1.165, 1.54) is 0 Å². The number of hydrogen-bond acceptors (Lipinski definition) is 6. The van der Waals surface area contributed by atoms with Gasteiger partial charge in [-0.15, -0.1) is 0 Å². The maximum atomic E-state index is 12.0. The van der Waals surface area contributed by atoms with Gasteiger partial charge in [0, 0.05) is 31.9 Å². The van der Waals surface area contributed by atoms with Crippen LogP contribution in [0.25, 0.3) is 0 Å². The Hall–Kier alpha value is -1.89. The van der Waals surface area contributed by atoms with Crippen molar-refractivity contribution in [1.29, 1.82) is 0 Å². The van der Waals surface area contributed by atoms with Gasteiger partial charge in [0.15, 0.2) is 0 Å². The van der Waals surface area contributed by atoms with Crippen LogP contribution in [0.1, 0.15) is 12.6 Å². The smallest absolute Gasteiger partial charge is 0.244 e. The van der Waals surface area contributed by atoms with E-state index in [1.54, 1.807) is 7.05 Å². The summed E-state index contributed by atoms with van der Waals surface area (Å²) in [5, 5.41) is 5.77. The van der Waals surface area contributed by atoms with Crippen molar-refractivity contribution in [1.82, 2.24) is 15.3 Å². The number of amides is 1. The molecule has 1 aliphatic heterocycles. The van der Waals surface area contributed by atoms with Crippen LogP contribution in [0, 0.1) is 6.92 Å². The number of likely N-dealkylation sites (N-methyl/N-ethyl adjacent to an activating group) is 1. The Morgan fingerprint density at radius 1 is 1.55 bits per heavy atom. The predicted molar refractivity (Wildman–Crippen MR) is 77.0 cm³/mol. The number of aromatic nitrogens is 2. The minimum absolute atomic E-state index is 0.0639. The summed E-state index contributed by atoms with van der Waals surface area (Å²) >= 11 is 0. The maximum Gasteiger partial charge on any atom is 0.244 e. The van der Waals surface area contributed by atoms with Crippen molar-refractivity contribution in [3.63, 3.8) is 0 Å². The molecule has 1 unspecified atom stereocenters. The van der Waals surface area contributed by atoms with Crippen molar-refractivity contribution < 1.29 is 9.53 Å². The molecule has 0 saturated carbocycles. The number of morpholine rings is 1. The van der Waals surface area contributed by atoms with Crippen molar-refractivity contribution in [2.24, 2.45) is 0 Å². The van der Waals surface area contributed by atoms with Gasteiger partial charge in [0.25, 0.3) is 0 Å². The van der Waals surface area contributed by atoms with E-state index in [0.29, 0.717) is 25.7 Å². The summed E-state index contributed by atoms with van der Waals surface area (Å²) in [6.07, 6.45) is 0. The van der Waals surface area contributed by atoms with E-state index >= 15 is 0 Å². The second-order valence-corrected chi connectivity index (χ2v) is 4.62. The van der Waals surface area contributed by atoms with Crippen LogP contribution in [-0.4, -0.2) is 55.3 Å². The number of ether oxygens (including phenoxy) is 1. The van der Waals surface area contributed by atoms with Gasteiger partial charge in [-0.25, -0.2) is 4.98 Å². The Kier molecular flexibility index (Phi) is 4.73. The Labute approximate surface area is 118 Å². The van der Waals surface area contributed by atoms with Crippen LogP contribution in [0.2, 0.25) is 0 Å². The predicted octanol–water partition coefficient (Wildman–Crippen LogP) is 0.168. The minimum atomic E-state index is -0.350. The third kappa shape index (κ3) is 3.16. The molecule has 1 saturated heterocycles. The van der Waals surface area contributed by atoms with E-state index < -0.39 is 0 Å². The maximum absolute atomic E-state index is 12.0. The zero-order valence-corrected chi connectivity index (χ0v) is 12.1. The largest absolute Gasteiger partial charge is 0.377 e. The van der Waals surface area contributed by atoms with Crippen LogP contribution in [0.5, 0.6) is 0 Å². The molecule has 7 heteroatoms. The minimum Gasteiger partial charge on any atom is -0.377 e. The number of aryl methyl sites for hydroxylation is 1. The van der Waals surface area contributed by atoms with Crippen molar-refractivity contribution in [2.75, 3.05) is 43.6 Å². The highest BCUT2D eigenvalue weighted by Crippen LogP contribution is 2.20. The highest BCUT2D eigenvalue weighted by molar-refractivity contribution is 5.85. The average molecular weight is 279 g/mol. The summed E-state index contributed by atoms with van der Waals surface area (Å²) in [5.74, 6) is 1.28. The SMILES string of the molecule is CCNc1nc(C)cc(N2CCOCC2C(=O)NC)n1. The van der Waals surface area contributed by atoms with Crippen LogP contribution in [0.4, 0.5) is 11.8 Å². The van der Waals surface area contributed by atoms with Crippen molar-refractivity contribution >= 4 is 17.7 Å². The van der Waals surface area contributed by atoms with Crippen molar-refractivity contribution in [3.05, 3.63) is 11.8 Å². The molecule has 7 nitrogen and oxygen atoms in total. The monoisotopic (exact) mass is 279 g/mol. The zero-order valence-electron chi connectivity index (χ0n) is 12.1. The number of carbonyl (C=O) groups excluding carboxylic acids is 1. The lowest BCUT2D eigenvalue weighted by Crippen LogP contribution is -2.53. The van der Waals surface area contributed by atoms with Crippen LogP contribution in [0.15, 0.2) is 6.07 Å². The Morgan fingerprint density at radius 3 is 3.05 bits per heavy atom. The summed E-state index contributed by atoms with van der Waals surface area (Å²) < 4.78 is 5.40. The van der Waals surface area contributed by atoms with Crippen molar-refractivity contribution in [2.45, 2.75) is 19.9 Å². The lowest BCUT2D eigenvalue weighted by Gasteiger charge is -2.35. The average Bonchev–Trinajstić information content (AvgIpc) is 2.46. The molecular weight excluding hydrogens is 258 g/mol. The van der Waals surface area contributed by atoms with Gasteiger partial charge >= 0.3 is 0 Å². The first-order valence-corrected chi connectivity index (χ1v) is 6.81. The molecule has 20 heavy (non-hydrogen) atoms. The van der Waals surface area contributed by atoms with Gasteiger partial charge in [0.1, 0.15) is 11.9 Å². The number of hydrogen-bond donors (Lipinski definition) is 2. The molecule has 1 aliphatic rings. The third-order valence-electron chi connectivity index (χ3n) is 3.15.